The second-order valence-corrected chi connectivity index (χ2v) is 4.92. The van der Waals surface area contributed by atoms with Gasteiger partial charge in [0.1, 0.15) is 18.1 Å². The number of carbonyl (C=O) groups is 1. The Hall–Kier alpha value is -1.91. The molecule has 0 unspecified atom stereocenters. The lowest BCUT2D eigenvalue weighted by Crippen LogP contribution is -2.46. The summed E-state index contributed by atoms with van der Waals surface area (Å²) in [4.78, 5) is 11.2. The minimum Gasteiger partial charge on any atom is -0.508 e. The van der Waals surface area contributed by atoms with Crippen molar-refractivity contribution in [1.29, 1.82) is 0 Å². The van der Waals surface area contributed by atoms with Crippen molar-refractivity contribution in [2.45, 2.75) is 19.9 Å². The van der Waals surface area contributed by atoms with Gasteiger partial charge in [0.2, 0.25) is 0 Å². The van der Waals surface area contributed by atoms with Gasteiger partial charge < -0.3 is 20.3 Å². The molecule has 1 amide bonds. The van der Waals surface area contributed by atoms with Gasteiger partial charge in [0.15, 0.2) is 0 Å². The number of rotatable bonds is 1. The molecule has 1 fully saturated rings. The minimum atomic E-state index is -0.489. The predicted octanol–water partition coefficient (Wildman–Crippen LogP) is 1.90. The molecule has 0 saturated carbocycles. The summed E-state index contributed by atoms with van der Waals surface area (Å²) in [5.74, 6) is -0.0620. The largest absolute Gasteiger partial charge is 0.508 e. The van der Waals surface area contributed by atoms with Crippen LogP contribution < -0.4 is 5.32 Å². The molecule has 0 aliphatic carbocycles. The third kappa shape index (κ3) is 2.27. The zero-order chi connectivity index (χ0) is 12.6. The normalized spacial score (nSPS) is 22.7. The summed E-state index contributed by atoms with van der Waals surface area (Å²) >= 11 is 0. The molecule has 1 aromatic carbocycles. The number of amides is 1. The van der Waals surface area contributed by atoms with Crippen molar-refractivity contribution in [2.75, 3.05) is 6.61 Å². The van der Waals surface area contributed by atoms with Crippen molar-refractivity contribution in [3.63, 3.8) is 0 Å². The molecule has 1 aromatic rings. The monoisotopic (exact) mass is 237 g/mol. The van der Waals surface area contributed by atoms with E-state index in [1.165, 1.54) is 18.2 Å². The number of nitrogens with one attached hydrogen (secondary N) is 1. The van der Waals surface area contributed by atoms with Crippen LogP contribution in [-0.4, -0.2) is 22.9 Å². The van der Waals surface area contributed by atoms with Crippen molar-refractivity contribution in [3.05, 3.63) is 23.8 Å². The van der Waals surface area contributed by atoms with Crippen LogP contribution in [0.3, 0.4) is 0 Å². The number of aromatic hydroxyl groups is 2. The first-order valence-corrected chi connectivity index (χ1v) is 5.35. The molecule has 0 bridgehead atoms. The molecule has 1 aliphatic heterocycles. The van der Waals surface area contributed by atoms with Crippen LogP contribution in [-0.2, 0) is 4.74 Å². The molecule has 5 nitrogen and oxygen atoms in total. The van der Waals surface area contributed by atoms with Crippen LogP contribution in [0.1, 0.15) is 25.5 Å². The summed E-state index contributed by atoms with van der Waals surface area (Å²) in [5, 5.41) is 21.6. The van der Waals surface area contributed by atoms with E-state index >= 15 is 0 Å². The van der Waals surface area contributed by atoms with Gasteiger partial charge in [0.05, 0.1) is 6.04 Å². The van der Waals surface area contributed by atoms with Crippen molar-refractivity contribution in [1.82, 2.24) is 5.32 Å². The fourth-order valence-corrected chi connectivity index (χ4v) is 2.01. The first-order chi connectivity index (χ1) is 7.88. The maximum Gasteiger partial charge on any atom is 0.407 e. The van der Waals surface area contributed by atoms with Crippen molar-refractivity contribution in [2.24, 2.45) is 5.41 Å². The summed E-state index contributed by atoms with van der Waals surface area (Å²) in [6, 6.07) is 3.99. The van der Waals surface area contributed by atoms with Gasteiger partial charge >= 0.3 is 6.09 Å². The van der Waals surface area contributed by atoms with Gasteiger partial charge in [0, 0.05) is 11.5 Å². The molecule has 0 radical (unpaired) electrons. The first-order valence-electron chi connectivity index (χ1n) is 5.35. The Bertz CT molecular complexity index is 436. The van der Waals surface area contributed by atoms with Crippen LogP contribution in [0.5, 0.6) is 11.5 Å². The number of benzene rings is 1. The lowest BCUT2D eigenvalue weighted by molar-refractivity contribution is 0.0386. The summed E-state index contributed by atoms with van der Waals surface area (Å²) in [5.41, 5.74) is 0.345. The zero-order valence-electron chi connectivity index (χ0n) is 9.73. The van der Waals surface area contributed by atoms with Crippen LogP contribution in [0.25, 0.3) is 0 Å². The SMILES string of the molecule is CC1(C)COC(=O)N[C@@H]1c1cc(O)cc(O)c1. The van der Waals surface area contributed by atoms with Crippen LogP contribution in [0, 0.1) is 5.41 Å². The number of cyclic esters (lactones) is 1. The molecular weight excluding hydrogens is 222 g/mol. The topological polar surface area (TPSA) is 78.8 Å². The van der Waals surface area contributed by atoms with E-state index in [0.29, 0.717) is 12.2 Å². The van der Waals surface area contributed by atoms with Gasteiger partial charge in [-0.05, 0) is 17.7 Å². The van der Waals surface area contributed by atoms with Gasteiger partial charge in [0.25, 0.3) is 0 Å². The molecule has 3 N–H and O–H groups in total. The highest BCUT2D eigenvalue weighted by atomic mass is 16.6. The van der Waals surface area contributed by atoms with E-state index in [2.05, 4.69) is 5.32 Å². The van der Waals surface area contributed by atoms with Crippen LogP contribution >= 0.6 is 0 Å². The molecule has 1 heterocycles. The van der Waals surface area contributed by atoms with Gasteiger partial charge in [-0.25, -0.2) is 4.79 Å². The Labute approximate surface area is 99.0 Å². The average molecular weight is 237 g/mol. The second-order valence-electron chi connectivity index (χ2n) is 4.92. The third-order valence-corrected chi connectivity index (χ3v) is 2.88. The highest BCUT2D eigenvalue weighted by Crippen LogP contribution is 2.38. The number of ether oxygens (including phenoxy) is 1. The zero-order valence-corrected chi connectivity index (χ0v) is 9.73. The number of phenols is 2. The number of hydrogen-bond donors (Lipinski definition) is 3. The van der Waals surface area contributed by atoms with Gasteiger partial charge in [-0.1, -0.05) is 13.8 Å². The fourth-order valence-electron chi connectivity index (χ4n) is 2.01. The first kappa shape index (κ1) is 11.6. The summed E-state index contributed by atoms with van der Waals surface area (Å²) < 4.78 is 4.93. The highest BCUT2D eigenvalue weighted by Gasteiger charge is 2.38. The molecule has 0 spiro atoms. The maximum absolute atomic E-state index is 11.2. The van der Waals surface area contributed by atoms with Crippen molar-refractivity contribution < 1.29 is 19.7 Å². The Morgan fingerprint density at radius 1 is 1.29 bits per heavy atom. The summed E-state index contributed by atoms with van der Waals surface area (Å²) in [6.45, 7) is 4.18. The maximum atomic E-state index is 11.2. The fraction of sp³-hybridized carbons (Fsp3) is 0.417. The highest BCUT2D eigenvalue weighted by molar-refractivity contribution is 5.69. The van der Waals surface area contributed by atoms with Crippen molar-refractivity contribution >= 4 is 6.09 Å². The number of hydrogen-bond acceptors (Lipinski definition) is 4. The lowest BCUT2D eigenvalue weighted by atomic mass is 9.80. The molecular formula is C12H15NO4. The smallest absolute Gasteiger partial charge is 0.407 e. The molecule has 2 rings (SSSR count). The van der Waals surface area contributed by atoms with E-state index in [0.717, 1.165) is 0 Å². The second kappa shape index (κ2) is 3.84. The van der Waals surface area contributed by atoms with E-state index in [1.807, 2.05) is 13.8 Å². The quantitative estimate of drug-likeness (QED) is 0.697. The van der Waals surface area contributed by atoms with E-state index in [1.54, 1.807) is 0 Å². The van der Waals surface area contributed by atoms with Gasteiger partial charge in [-0.15, -0.1) is 0 Å². The lowest BCUT2D eigenvalue weighted by Gasteiger charge is -2.38. The summed E-state index contributed by atoms with van der Waals surface area (Å²) in [7, 11) is 0. The predicted molar refractivity (Wildman–Crippen MR) is 60.8 cm³/mol. The third-order valence-electron chi connectivity index (χ3n) is 2.88. The Morgan fingerprint density at radius 2 is 1.88 bits per heavy atom. The molecule has 0 aromatic heterocycles. The molecule has 1 atom stereocenters. The number of alkyl carbamates (subject to hydrolysis) is 1. The minimum absolute atomic E-state index is 0.0310. The van der Waals surface area contributed by atoms with E-state index in [9.17, 15) is 15.0 Å². The molecule has 1 saturated heterocycles. The molecule has 17 heavy (non-hydrogen) atoms. The Kier molecular flexibility index (Phi) is 2.61. The number of carbonyl (C=O) groups excluding carboxylic acids is 1. The van der Waals surface area contributed by atoms with E-state index < -0.39 is 6.09 Å². The van der Waals surface area contributed by atoms with Gasteiger partial charge in [-0.2, -0.15) is 0 Å². The van der Waals surface area contributed by atoms with E-state index in [-0.39, 0.29) is 23.0 Å². The molecule has 1 aliphatic rings. The van der Waals surface area contributed by atoms with Crippen molar-refractivity contribution in [3.8, 4) is 11.5 Å². The average Bonchev–Trinajstić information content (AvgIpc) is 2.20. The van der Waals surface area contributed by atoms with Crippen LogP contribution in [0.15, 0.2) is 18.2 Å². The van der Waals surface area contributed by atoms with E-state index in [4.69, 9.17) is 4.74 Å². The molecule has 5 heteroatoms. The standard InChI is InChI=1S/C12H15NO4/c1-12(2)6-17-11(16)13-10(12)7-3-8(14)5-9(15)4-7/h3-5,10,14-15H,6H2,1-2H3,(H,13,16)/t10-/m1/s1. The molecule has 92 valence electrons. The van der Waals surface area contributed by atoms with Gasteiger partial charge in [-0.3, -0.25) is 0 Å². The van der Waals surface area contributed by atoms with Crippen LogP contribution in [0.2, 0.25) is 0 Å². The summed E-state index contributed by atoms with van der Waals surface area (Å²) in [6.07, 6.45) is -0.489. The number of phenolic OH excluding ortho intramolecular Hbond substituents is 2. The Balaban J connectivity index is 2.39. The van der Waals surface area contributed by atoms with Crippen LogP contribution in [0.4, 0.5) is 4.79 Å². The Morgan fingerprint density at radius 3 is 2.47 bits per heavy atom.